The normalized spacial score (nSPS) is 19.1. The van der Waals surface area contributed by atoms with Gasteiger partial charge in [-0.2, -0.15) is 10.4 Å². The molecule has 1 aliphatic rings. The maximum atomic E-state index is 11.9. The molecule has 0 saturated heterocycles. The lowest BCUT2D eigenvalue weighted by Crippen LogP contribution is -2.29. The lowest BCUT2D eigenvalue weighted by atomic mass is 9.73. The molecule has 146 valence electrons. The monoisotopic (exact) mass is 405 g/mol. The molecule has 2 aromatic heterocycles. The van der Waals surface area contributed by atoms with Crippen molar-refractivity contribution < 1.29 is 8.42 Å². The molecule has 0 radical (unpaired) electrons. The average Bonchev–Trinajstić information content (AvgIpc) is 3.16. The molecule has 4 rings (SSSR count). The molecule has 0 aliphatic heterocycles. The summed E-state index contributed by atoms with van der Waals surface area (Å²) < 4.78 is 25.5. The Morgan fingerprint density at radius 1 is 1.34 bits per heavy atom. The number of aromatic nitrogens is 3. The van der Waals surface area contributed by atoms with Gasteiger partial charge in [-0.25, -0.2) is 23.1 Å². The minimum absolute atomic E-state index is 0.226. The molecule has 2 heterocycles. The van der Waals surface area contributed by atoms with Gasteiger partial charge in [-0.3, -0.25) is 0 Å². The highest BCUT2D eigenvalue weighted by Gasteiger charge is 2.33. The van der Waals surface area contributed by atoms with E-state index in [9.17, 15) is 13.7 Å². The Morgan fingerprint density at radius 2 is 2.17 bits per heavy atom. The van der Waals surface area contributed by atoms with Crippen molar-refractivity contribution in [2.45, 2.75) is 25.2 Å². The van der Waals surface area contributed by atoms with E-state index in [0.29, 0.717) is 24.1 Å². The summed E-state index contributed by atoms with van der Waals surface area (Å²) in [6.45, 7) is 2.03. The zero-order valence-electron chi connectivity index (χ0n) is 15.8. The fourth-order valence-corrected chi connectivity index (χ4v) is 4.51. The van der Waals surface area contributed by atoms with Gasteiger partial charge in [0.15, 0.2) is 5.65 Å². The number of nitrogens with zero attached hydrogens (tertiary/aromatic N) is 4. The Labute approximate surface area is 168 Å². The standard InChI is InChI=1S/C21H19N5O2S/c1-2-21(9-4-7-18(12-21)29(23,27)28)17-6-3-5-15(11-17)19-8-10-24-20-16(13-22)14-25-26(19)20/h3-11,14H,2,12H2,1H3,(H2,23,27,28). The van der Waals surface area contributed by atoms with Crippen LogP contribution in [0.3, 0.4) is 0 Å². The van der Waals surface area contributed by atoms with Crippen LogP contribution in [0.15, 0.2) is 65.9 Å². The first kappa shape index (κ1) is 19.1. The second kappa shape index (κ2) is 6.95. The zero-order chi connectivity index (χ0) is 20.6. The molecular weight excluding hydrogens is 386 g/mol. The first-order valence-electron chi connectivity index (χ1n) is 9.13. The molecule has 0 amide bonds. The summed E-state index contributed by atoms with van der Waals surface area (Å²) in [6, 6.07) is 11.8. The average molecular weight is 405 g/mol. The third kappa shape index (κ3) is 3.24. The highest BCUT2D eigenvalue weighted by Crippen LogP contribution is 2.40. The second-order valence-electron chi connectivity index (χ2n) is 7.04. The first-order valence-corrected chi connectivity index (χ1v) is 10.7. The summed E-state index contributed by atoms with van der Waals surface area (Å²) in [4.78, 5) is 4.48. The number of nitriles is 1. The van der Waals surface area contributed by atoms with Crippen molar-refractivity contribution in [3.05, 3.63) is 77.0 Å². The van der Waals surface area contributed by atoms with E-state index in [1.165, 1.54) is 6.20 Å². The summed E-state index contributed by atoms with van der Waals surface area (Å²) in [5.74, 6) is 0. The number of benzene rings is 1. The predicted molar refractivity (Wildman–Crippen MR) is 110 cm³/mol. The molecule has 2 N–H and O–H groups in total. The summed E-state index contributed by atoms with van der Waals surface area (Å²) in [7, 11) is -3.75. The minimum Gasteiger partial charge on any atom is -0.236 e. The van der Waals surface area contributed by atoms with Crippen molar-refractivity contribution in [2.24, 2.45) is 5.14 Å². The molecule has 1 atom stereocenters. The molecule has 1 aliphatic carbocycles. The number of sulfonamides is 1. The van der Waals surface area contributed by atoms with Crippen molar-refractivity contribution in [3.63, 3.8) is 0 Å². The molecule has 7 nitrogen and oxygen atoms in total. The van der Waals surface area contributed by atoms with Crippen LogP contribution in [0.2, 0.25) is 0 Å². The van der Waals surface area contributed by atoms with Crippen LogP contribution < -0.4 is 5.14 Å². The lowest BCUT2D eigenvalue weighted by molar-refractivity contribution is 0.508. The summed E-state index contributed by atoms with van der Waals surface area (Å²) >= 11 is 0. The molecule has 1 unspecified atom stereocenters. The van der Waals surface area contributed by atoms with Gasteiger partial charge in [0.1, 0.15) is 11.6 Å². The fourth-order valence-electron chi connectivity index (χ4n) is 3.79. The molecule has 0 saturated carbocycles. The predicted octanol–water partition coefficient (Wildman–Crippen LogP) is 3.05. The molecule has 0 spiro atoms. The van der Waals surface area contributed by atoms with Gasteiger partial charge in [0, 0.05) is 17.2 Å². The van der Waals surface area contributed by atoms with Gasteiger partial charge in [0.05, 0.1) is 16.8 Å². The Morgan fingerprint density at radius 3 is 2.90 bits per heavy atom. The number of hydrogen-bond acceptors (Lipinski definition) is 5. The second-order valence-corrected chi connectivity index (χ2v) is 8.65. The van der Waals surface area contributed by atoms with E-state index in [4.69, 9.17) is 5.14 Å². The van der Waals surface area contributed by atoms with Crippen LogP contribution >= 0.6 is 0 Å². The SMILES string of the molecule is CCC1(c2cccc(-c3ccnc4c(C#N)cnn34)c2)C=CC=C(S(N)(=O)=O)C1. The zero-order valence-corrected chi connectivity index (χ0v) is 16.6. The number of hydrogen-bond donors (Lipinski definition) is 1. The topological polar surface area (TPSA) is 114 Å². The Bertz CT molecular complexity index is 1310. The number of fused-ring (bicyclic) bond motifs is 1. The van der Waals surface area contributed by atoms with Gasteiger partial charge >= 0.3 is 0 Å². The molecule has 1 aromatic carbocycles. The quantitative estimate of drug-likeness (QED) is 0.716. The molecule has 29 heavy (non-hydrogen) atoms. The smallest absolute Gasteiger partial charge is 0.234 e. The third-order valence-corrected chi connectivity index (χ3v) is 6.45. The Hall–Kier alpha value is -3.28. The largest absolute Gasteiger partial charge is 0.236 e. The number of rotatable bonds is 4. The maximum Gasteiger partial charge on any atom is 0.234 e. The van der Waals surface area contributed by atoms with Crippen molar-refractivity contribution in [1.29, 1.82) is 5.26 Å². The van der Waals surface area contributed by atoms with Gasteiger partial charge < -0.3 is 0 Å². The highest BCUT2D eigenvalue weighted by molar-refractivity contribution is 7.93. The minimum atomic E-state index is -3.75. The Balaban J connectivity index is 1.83. The highest BCUT2D eigenvalue weighted by atomic mass is 32.2. The van der Waals surface area contributed by atoms with E-state index >= 15 is 0 Å². The molecule has 3 aromatic rings. The van der Waals surface area contributed by atoms with Gasteiger partial charge in [-0.1, -0.05) is 37.3 Å². The number of allylic oxidation sites excluding steroid dienone is 4. The van der Waals surface area contributed by atoms with Crippen molar-refractivity contribution in [1.82, 2.24) is 14.6 Å². The summed E-state index contributed by atoms with van der Waals surface area (Å²) in [6.07, 6.45) is 9.53. The van der Waals surface area contributed by atoms with Crippen molar-refractivity contribution in [3.8, 4) is 17.3 Å². The maximum absolute atomic E-state index is 11.9. The summed E-state index contributed by atoms with van der Waals surface area (Å²) in [5.41, 5.74) is 3.12. The van der Waals surface area contributed by atoms with E-state index in [0.717, 1.165) is 16.8 Å². The van der Waals surface area contributed by atoms with Crippen LogP contribution in [-0.4, -0.2) is 23.0 Å². The molecule has 0 bridgehead atoms. The number of primary sulfonamides is 1. The van der Waals surface area contributed by atoms with Gasteiger partial charge in [0.25, 0.3) is 0 Å². The van der Waals surface area contributed by atoms with Crippen LogP contribution in [0, 0.1) is 11.3 Å². The van der Waals surface area contributed by atoms with E-state index in [1.54, 1.807) is 22.9 Å². The summed E-state index contributed by atoms with van der Waals surface area (Å²) in [5, 5.41) is 18.9. The molecule has 8 heteroatoms. The Kier molecular flexibility index (Phi) is 4.57. The van der Waals surface area contributed by atoms with Gasteiger partial charge in [0.2, 0.25) is 10.0 Å². The molecule has 0 fully saturated rings. The fraction of sp³-hybridized carbons (Fsp3) is 0.190. The van der Waals surface area contributed by atoms with Crippen LogP contribution in [0.4, 0.5) is 0 Å². The van der Waals surface area contributed by atoms with E-state index in [-0.39, 0.29) is 4.91 Å². The van der Waals surface area contributed by atoms with Crippen LogP contribution in [0.5, 0.6) is 0 Å². The molecular formula is C21H19N5O2S. The van der Waals surface area contributed by atoms with E-state index < -0.39 is 15.4 Å². The third-order valence-electron chi connectivity index (χ3n) is 5.44. The van der Waals surface area contributed by atoms with Crippen molar-refractivity contribution in [2.75, 3.05) is 0 Å². The van der Waals surface area contributed by atoms with E-state index in [2.05, 4.69) is 16.2 Å². The van der Waals surface area contributed by atoms with Crippen LogP contribution in [0.1, 0.15) is 30.9 Å². The number of nitrogens with two attached hydrogens (primary N) is 1. The lowest BCUT2D eigenvalue weighted by Gasteiger charge is -2.33. The van der Waals surface area contributed by atoms with Gasteiger partial charge in [-0.15, -0.1) is 0 Å². The van der Waals surface area contributed by atoms with Crippen molar-refractivity contribution >= 4 is 15.7 Å². The van der Waals surface area contributed by atoms with Gasteiger partial charge in [-0.05, 0) is 36.6 Å². The first-order chi connectivity index (χ1) is 13.9. The van der Waals surface area contributed by atoms with E-state index in [1.807, 2.05) is 43.3 Å². The van der Waals surface area contributed by atoms with Crippen LogP contribution in [0.25, 0.3) is 16.9 Å². The van der Waals surface area contributed by atoms with Crippen LogP contribution in [-0.2, 0) is 15.4 Å².